The molecule has 0 aliphatic carbocycles. The Balaban J connectivity index is 1.10. The summed E-state index contributed by atoms with van der Waals surface area (Å²) in [7, 11) is 1.60. The first-order chi connectivity index (χ1) is 20.7. The van der Waals surface area contributed by atoms with Crippen molar-refractivity contribution in [2.75, 3.05) is 51.8 Å². The molecule has 3 aromatic carbocycles. The number of likely N-dealkylation sites (tertiary alicyclic amines) is 1. The highest BCUT2D eigenvalue weighted by molar-refractivity contribution is 5.95. The van der Waals surface area contributed by atoms with E-state index < -0.39 is 11.7 Å². The molecule has 1 spiro atoms. The smallest absolute Gasteiger partial charge is 0.416 e. The maximum atomic E-state index is 12.8. The van der Waals surface area contributed by atoms with E-state index in [1.807, 2.05) is 24.3 Å². The van der Waals surface area contributed by atoms with Gasteiger partial charge in [0.25, 0.3) is 0 Å². The van der Waals surface area contributed by atoms with Crippen LogP contribution in [0.4, 0.5) is 18.9 Å². The highest BCUT2D eigenvalue weighted by atomic mass is 19.4. The highest BCUT2D eigenvalue weighted by Crippen LogP contribution is 2.37. The van der Waals surface area contributed by atoms with E-state index >= 15 is 0 Å². The summed E-state index contributed by atoms with van der Waals surface area (Å²) >= 11 is 0. The molecule has 2 fully saturated rings. The Bertz CT molecular complexity index is 1600. The number of carbonyl (C=O) groups is 1. The zero-order valence-corrected chi connectivity index (χ0v) is 23.7. The molecule has 0 unspecified atom stereocenters. The number of benzene rings is 3. The summed E-state index contributed by atoms with van der Waals surface area (Å²) < 4.78 is 50.1. The van der Waals surface area contributed by atoms with Gasteiger partial charge in [0.2, 0.25) is 5.91 Å². The number of nitrogens with one attached hydrogen (secondary N) is 2. The van der Waals surface area contributed by atoms with Crippen LogP contribution in [0.1, 0.15) is 17.5 Å². The molecule has 11 heteroatoms. The van der Waals surface area contributed by atoms with Crippen molar-refractivity contribution in [3.8, 4) is 22.8 Å². The van der Waals surface area contributed by atoms with Crippen molar-refractivity contribution in [2.45, 2.75) is 19.0 Å². The van der Waals surface area contributed by atoms with Crippen LogP contribution < -0.4 is 20.1 Å². The van der Waals surface area contributed by atoms with Crippen molar-refractivity contribution >= 4 is 22.5 Å². The summed E-state index contributed by atoms with van der Waals surface area (Å²) in [5, 5.41) is 6.96. The van der Waals surface area contributed by atoms with Crippen LogP contribution >= 0.6 is 0 Å². The van der Waals surface area contributed by atoms with Crippen LogP contribution in [-0.4, -0.2) is 67.2 Å². The third-order valence-electron chi connectivity index (χ3n) is 8.00. The third kappa shape index (κ3) is 6.42. The van der Waals surface area contributed by atoms with Crippen LogP contribution in [0, 0.1) is 5.41 Å². The van der Waals surface area contributed by atoms with Crippen LogP contribution in [0.2, 0.25) is 0 Å². The maximum Gasteiger partial charge on any atom is 0.416 e. The van der Waals surface area contributed by atoms with Gasteiger partial charge in [0.05, 0.1) is 36.9 Å². The lowest BCUT2D eigenvalue weighted by molar-refractivity contribution is -0.137. The van der Waals surface area contributed by atoms with Crippen molar-refractivity contribution in [1.29, 1.82) is 0 Å². The fourth-order valence-corrected chi connectivity index (χ4v) is 5.71. The predicted molar refractivity (Wildman–Crippen MR) is 157 cm³/mol. The number of hydrogen-bond donors (Lipinski definition) is 2. The monoisotopic (exact) mass is 591 g/mol. The lowest BCUT2D eigenvalue weighted by Gasteiger charge is -2.56. The Morgan fingerprint density at radius 2 is 1.77 bits per heavy atom. The van der Waals surface area contributed by atoms with E-state index in [1.54, 1.807) is 19.2 Å². The molecule has 3 heterocycles. The average Bonchev–Trinajstić information content (AvgIpc) is 2.94. The molecule has 0 bridgehead atoms. The number of aromatic nitrogens is 2. The molecule has 2 N–H and O–H groups in total. The molecule has 43 heavy (non-hydrogen) atoms. The Hall–Kier alpha value is -4.22. The fourth-order valence-electron chi connectivity index (χ4n) is 5.71. The molecule has 2 saturated heterocycles. The predicted octanol–water partition coefficient (Wildman–Crippen LogP) is 5.18. The van der Waals surface area contributed by atoms with Crippen LogP contribution in [0.15, 0.2) is 67.0 Å². The third-order valence-corrected chi connectivity index (χ3v) is 8.00. The number of alkyl halides is 3. The second-order valence-corrected chi connectivity index (χ2v) is 11.3. The van der Waals surface area contributed by atoms with Gasteiger partial charge < -0.3 is 25.0 Å². The maximum absolute atomic E-state index is 12.8. The highest BCUT2D eigenvalue weighted by Gasteiger charge is 2.46. The number of hydrogen-bond acceptors (Lipinski definition) is 7. The van der Waals surface area contributed by atoms with Gasteiger partial charge >= 0.3 is 6.18 Å². The molecule has 2 aliphatic rings. The molecule has 8 nitrogen and oxygen atoms in total. The molecular formula is C32H32F3N5O3. The summed E-state index contributed by atoms with van der Waals surface area (Å²) in [6.45, 7) is 6.12. The summed E-state index contributed by atoms with van der Waals surface area (Å²) in [6.07, 6.45) is -2.05. The molecule has 4 aromatic rings. The zero-order chi connectivity index (χ0) is 30.0. The minimum absolute atomic E-state index is 0.0443. The Kier molecular flexibility index (Phi) is 7.93. The van der Waals surface area contributed by atoms with Crippen LogP contribution in [0.3, 0.4) is 0 Å². The van der Waals surface area contributed by atoms with Gasteiger partial charge in [-0.05, 0) is 42.3 Å². The van der Waals surface area contributed by atoms with E-state index in [-0.39, 0.29) is 12.3 Å². The minimum atomic E-state index is -4.41. The van der Waals surface area contributed by atoms with Crippen LogP contribution in [-0.2, 0) is 17.4 Å². The number of carbonyl (C=O) groups excluding carboxylic acids is 1. The summed E-state index contributed by atoms with van der Waals surface area (Å²) in [5.41, 5.74) is 3.06. The van der Waals surface area contributed by atoms with E-state index in [1.165, 1.54) is 18.5 Å². The van der Waals surface area contributed by atoms with E-state index in [4.69, 9.17) is 9.47 Å². The van der Waals surface area contributed by atoms with E-state index in [2.05, 4.69) is 25.5 Å². The number of amides is 1. The molecule has 6 rings (SSSR count). The van der Waals surface area contributed by atoms with E-state index in [9.17, 15) is 18.0 Å². The normalized spacial score (nSPS) is 16.0. The number of nitrogens with zero attached hydrogens (tertiary/aromatic N) is 3. The number of halogens is 3. The second-order valence-electron chi connectivity index (χ2n) is 11.3. The van der Waals surface area contributed by atoms with Crippen LogP contribution in [0.25, 0.3) is 22.2 Å². The van der Waals surface area contributed by atoms with E-state index in [0.717, 1.165) is 62.2 Å². The molecule has 0 radical (unpaired) electrons. The van der Waals surface area contributed by atoms with Crippen LogP contribution in [0.5, 0.6) is 11.5 Å². The molecule has 0 saturated carbocycles. The topological polar surface area (TPSA) is 88.6 Å². The zero-order valence-electron chi connectivity index (χ0n) is 23.7. The summed E-state index contributed by atoms with van der Waals surface area (Å²) in [5.74, 6) is 0.899. The SMILES string of the molecule is COc1cc2ncnc(-c3ccc(NC(=O)Cc4ccc(C(F)(F)F)cc4)cc3)c2cc1OCCCN1CC2(CNC2)C1. The Morgan fingerprint density at radius 1 is 1.02 bits per heavy atom. The number of ether oxygens (including phenoxy) is 2. The van der Waals surface area contributed by atoms with Gasteiger partial charge in [-0.15, -0.1) is 0 Å². The Labute approximate surface area is 247 Å². The lowest BCUT2D eigenvalue weighted by atomic mass is 9.74. The molecule has 1 amide bonds. The molecule has 0 atom stereocenters. The average molecular weight is 592 g/mol. The first kappa shape index (κ1) is 28.9. The summed E-state index contributed by atoms with van der Waals surface area (Å²) in [6, 6.07) is 15.5. The van der Waals surface area contributed by atoms with Gasteiger partial charge in [-0.25, -0.2) is 9.97 Å². The number of methoxy groups -OCH3 is 1. The van der Waals surface area contributed by atoms with Gasteiger partial charge in [0.1, 0.15) is 6.33 Å². The lowest BCUT2D eigenvalue weighted by Crippen LogP contribution is -2.71. The van der Waals surface area contributed by atoms with Crippen molar-refractivity contribution < 1.29 is 27.4 Å². The van der Waals surface area contributed by atoms with Gasteiger partial charge in [0.15, 0.2) is 11.5 Å². The largest absolute Gasteiger partial charge is 0.493 e. The van der Waals surface area contributed by atoms with Crippen molar-refractivity contribution in [1.82, 2.24) is 20.2 Å². The van der Waals surface area contributed by atoms with E-state index in [0.29, 0.717) is 46.0 Å². The molecular weight excluding hydrogens is 559 g/mol. The number of fused-ring (bicyclic) bond motifs is 1. The number of anilines is 1. The van der Waals surface area contributed by atoms with Gasteiger partial charge in [0, 0.05) is 60.8 Å². The first-order valence-electron chi connectivity index (χ1n) is 14.2. The standard InChI is InChI=1S/C32H32F3N5O3/c1-42-27-15-26-25(14-28(27)43-12-2-11-40-18-31(19-40)16-36-17-31)30(38-20-37-26)22-5-9-24(10-6-22)39-29(41)13-21-3-7-23(8-4-21)32(33,34)35/h3-10,14-15,20,36H,2,11-13,16-19H2,1H3,(H,39,41). The quantitative estimate of drug-likeness (QED) is 0.246. The van der Waals surface area contributed by atoms with Crippen molar-refractivity contribution in [2.24, 2.45) is 5.41 Å². The first-order valence-corrected chi connectivity index (χ1v) is 14.2. The second kappa shape index (κ2) is 11.8. The van der Waals surface area contributed by atoms with Crippen molar-refractivity contribution in [3.05, 3.63) is 78.1 Å². The van der Waals surface area contributed by atoms with Gasteiger partial charge in [-0.1, -0.05) is 24.3 Å². The van der Waals surface area contributed by atoms with Gasteiger partial charge in [-0.2, -0.15) is 13.2 Å². The molecule has 1 aromatic heterocycles. The fraction of sp³-hybridized carbons (Fsp3) is 0.344. The van der Waals surface area contributed by atoms with Gasteiger partial charge in [-0.3, -0.25) is 4.79 Å². The molecule has 2 aliphatic heterocycles. The summed E-state index contributed by atoms with van der Waals surface area (Å²) in [4.78, 5) is 23.9. The Morgan fingerprint density at radius 3 is 2.42 bits per heavy atom. The number of rotatable bonds is 10. The minimum Gasteiger partial charge on any atom is -0.493 e. The molecule has 224 valence electrons. The van der Waals surface area contributed by atoms with Crippen molar-refractivity contribution in [3.63, 3.8) is 0 Å².